The minimum absolute atomic E-state index is 0.0444. The fourth-order valence-corrected chi connectivity index (χ4v) is 5.08. The summed E-state index contributed by atoms with van der Waals surface area (Å²) in [6.45, 7) is 0. The second kappa shape index (κ2) is 7.45. The van der Waals surface area contributed by atoms with Crippen LogP contribution in [0.3, 0.4) is 0 Å². The van der Waals surface area contributed by atoms with Gasteiger partial charge in [0.05, 0.1) is 16.8 Å². The molecule has 0 spiro atoms. The van der Waals surface area contributed by atoms with Crippen LogP contribution in [-0.4, -0.2) is 37.3 Å². The number of halogens is 3. The molecule has 1 saturated heterocycles. The van der Waals surface area contributed by atoms with Crippen LogP contribution in [0.15, 0.2) is 41.3 Å². The van der Waals surface area contributed by atoms with Crippen molar-refractivity contribution in [2.75, 3.05) is 5.32 Å². The monoisotopic (exact) mass is 468 g/mol. The Labute approximate surface area is 190 Å². The Morgan fingerprint density at radius 1 is 1.18 bits per heavy atom. The zero-order chi connectivity index (χ0) is 22.7. The first-order valence-electron chi connectivity index (χ1n) is 10.3. The maximum Gasteiger partial charge on any atom is 0.322 e. The molecule has 2 aliphatic rings. The zero-order valence-corrected chi connectivity index (χ0v) is 17.7. The van der Waals surface area contributed by atoms with Crippen molar-refractivity contribution >= 4 is 34.5 Å². The number of rotatable bonds is 2. The van der Waals surface area contributed by atoms with Crippen molar-refractivity contribution in [3.8, 4) is 11.1 Å². The number of hydrogen-bond acceptors (Lipinski definition) is 6. The molecule has 0 unspecified atom stereocenters. The van der Waals surface area contributed by atoms with Crippen molar-refractivity contribution < 1.29 is 18.2 Å². The molecule has 0 saturated carbocycles. The van der Waals surface area contributed by atoms with E-state index in [0.29, 0.717) is 40.7 Å². The van der Waals surface area contributed by atoms with E-state index in [1.807, 2.05) is 0 Å². The van der Waals surface area contributed by atoms with Crippen molar-refractivity contribution in [2.24, 2.45) is 0 Å². The van der Waals surface area contributed by atoms with E-state index in [0.717, 1.165) is 12.0 Å². The number of pyridine rings is 2. The predicted octanol–water partition coefficient (Wildman–Crippen LogP) is 4.91. The summed E-state index contributed by atoms with van der Waals surface area (Å²) in [6, 6.07) is 5.07. The van der Waals surface area contributed by atoms with Gasteiger partial charge in [-0.3, -0.25) is 0 Å². The van der Waals surface area contributed by atoms with E-state index in [9.17, 15) is 13.6 Å². The van der Waals surface area contributed by atoms with Gasteiger partial charge in [0.2, 0.25) is 11.6 Å². The molecular formula is C22H15ClF2N6O2. The average molecular weight is 469 g/mol. The van der Waals surface area contributed by atoms with Crippen molar-refractivity contribution in [1.82, 2.24) is 25.2 Å². The van der Waals surface area contributed by atoms with Crippen LogP contribution in [-0.2, 0) is 6.42 Å². The molecule has 0 radical (unpaired) electrons. The number of nitrogens with zero attached hydrogens (tertiary/aromatic N) is 5. The molecule has 1 N–H and O–H groups in total. The lowest BCUT2D eigenvalue weighted by Crippen LogP contribution is -2.44. The van der Waals surface area contributed by atoms with Crippen LogP contribution in [0.1, 0.15) is 30.0 Å². The first-order chi connectivity index (χ1) is 16.0. The number of aromatic nitrogens is 4. The minimum Gasteiger partial charge on any atom is -0.314 e. The molecular weight excluding hydrogens is 454 g/mol. The summed E-state index contributed by atoms with van der Waals surface area (Å²) < 4.78 is 33.8. The molecule has 2 bridgehead atoms. The molecule has 1 fully saturated rings. The van der Waals surface area contributed by atoms with E-state index in [1.165, 1.54) is 24.5 Å². The summed E-state index contributed by atoms with van der Waals surface area (Å²) in [5.41, 5.74) is 2.92. The molecule has 1 aromatic carbocycles. The highest BCUT2D eigenvalue weighted by Crippen LogP contribution is 2.44. The average Bonchev–Trinajstić information content (AvgIpc) is 3.40. The van der Waals surface area contributed by atoms with Gasteiger partial charge in [-0.2, -0.15) is 4.39 Å². The fraction of sp³-hybridized carbons (Fsp3) is 0.227. The third-order valence-electron chi connectivity index (χ3n) is 6.30. The smallest absolute Gasteiger partial charge is 0.314 e. The van der Waals surface area contributed by atoms with E-state index >= 15 is 0 Å². The van der Waals surface area contributed by atoms with Crippen LogP contribution in [0, 0.1) is 11.8 Å². The Morgan fingerprint density at radius 2 is 2.06 bits per heavy atom. The Kier molecular flexibility index (Phi) is 4.51. The second-order valence-electron chi connectivity index (χ2n) is 8.10. The zero-order valence-electron chi connectivity index (χ0n) is 16.9. The van der Waals surface area contributed by atoms with E-state index in [2.05, 4.69) is 30.2 Å². The molecule has 4 aromatic rings. The van der Waals surface area contributed by atoms with Crippen LogP contribution in [0.4, 0.5) is 19.3 Å². The van der Waals surface area contributed by atoms with Gasteiger partial charge in [0.1, 0.15) is 5.82 Å². The minimum atomic E-state index is -0.652. The molecule has 2 aliphatic heterocycles. The Balaban J connectivity index is 1.28. The first-order valence-corrected chi connectivity index (χ1v) is 10.7. The van der Waals surface area contributed by atoms with E-state index in [1.54, 1.807) is 17.0 Å². The van der Waals surface area contributed by atoms with Gasteiger partial charge in [0, 0.05) is 35.1 Å². The Hall–Kier alpha value is -3.66. The van der Waals surface area contributed by atoms with Gasteiger partial charge in [0.25, 0.3) is 0 Å². The summed E-state index contributed by atoms with van der Waals surface area (Å²) in [4.78, 5) is 22.6. The van der Waals surface area contributed by atoms with Crippen LogP contribution < -0.4 is 5.32 Å². The topological polar surface area (TPSA) is 97.0 Å². The van der Waals surface area contributed by atoms with Gasteiger partial charge >= 0.3 is 6.03 Å². The standard InChI is InChI=1S/C22H15ClF2N6O2/c23-15-8-17(16(24)7-13(15)10-5-18-21(27-9-10)30-33-29-18)28-22(32)31-11-1-2-19(31)12-3-4-26-20(25)14(12)6-11/h3-5,7-9,11,19H,1-2,6H2,(H,28,32)/t11-,19+/m0/s1. The van der Waals surface area contributed by atoms with E-state index < -0.39 is 17.8 Å². The molecule has 2 atom stereocenters. The molecule has 3 aromatic heterocycles. The molecule has 5 heterocycles. The maximum atomic E-state index is 15.0. The molecule has 166 valence electrons. The molecule has 8 nitrogen and oxygen atoms in total. The number of carbonyl (C=O) groups excluding carboxylic acids is 1. The number of urea groups is 1. The van der Waals surface area contributed by atoms with Crippen molar-refractivity contribution in [3.63, 3.8) is 0 Å². The fourth-order valence-electron chi connectivity index (χ4n) is 4.80. The van der Waals surface area contributed by atoms with Crippen LogP contribution in [0.5, 0.6) is 0 Å². The number of hydrogen-bond donors (Lipinski definition) is 1. The Morgan fingerprint density at radius 3 is 2.94 bits per heavy atom. The number of benzene rings is 1. The summed E-state index contributed by atoms with van der Waals surface area (Å²) in [6.07, 6.45) is 4.72. The number of nitrogens with one attached hydrogen (secondary N) is 1. The summed E-state index contributed by atoms with van der Waals surface area (Å²) in [5, 5.41) is 10.2. The third-order valence-corrected chi connectivity index (χ3v) is 6.61. The van der Waals surface area contributed by atoms with Gasteiger partial charge in [-0.05, 0) is 59.4 Å². The summed E-state index contributed by atoms with van der Waals surface area (Å²) in [5.74, 6) is -1.15. The lowest BCUT2D eigenvalue weighted by molar-refractivity contribution is 0.178. The first kappa shape index (κ1) is 20.0. The Bertz CT molecular complexity index is 1430. The van der Waals surface area contributed by atoms with E-state index in [-0.39, 0.29) is 22.8 Å². The van der Waals surface area contributed by atoms with Crippen LogP contribution in [0.2, 0.25) is 5.02 Å². The van der Waals surface area contributed by atoms with Gasteiger partial charge < -0.3 is 10.2 Å². The van der Waals surface area contributed by atoms with Gasteiger partial charge in [0.15, 0.2) is 5.52 Å². The SMILES string of the molecule is O=C(Nc1cc(Cl)c(-c2cnc3nonc3c2)cc1F)N1[C@H]2CC[C@@H]1c1ccnc(F)c1C2. The van der Waals surface area contributed by atoms with Crippen LogP contribution in [0.25, 0.3) is 22.3 Å². The number of carbonyl (C=O) groups is 1. The highest BCUT2D eigenvalue weighted by atomic mass is 35.5. The van der Waals surface area contributed by atoms with Crippen molar-refractivity contribution in [1.29, 1.82) is 0 Å². The van der Waals surface area contributed by atoms with Gasteiger partial charge in [-0.15, -0.1) is 0 Å². The van der Waals surface area contributed by atoms with Crippen LogP contribution >= 0.6 is 11.6 Å². The molecule has 2 amide bonds. The highest BCUT2D eigenvalue weighted by molar-refractivity contribution is 6.33. The molecule has 11 heteroatoms. The number of anilines is 1. The summed E-state index contributed by atoms with van der Waals surface area (Å²) in [7, 11) is 0. The second-order valence-corrected chi connectivity index (χ2v) is 8.51. The lowest BCUT2D eigenvalue weighted by atomic mass is 9.95. The summed E-state index contributed by atoms with van der Waals surface area (Å²) >= 11 is 6.42. The maximum absolute atomic E-state index is 15.0. The van der Waals surface area contributed by atoms with Crippen molar-refractivity contribution in [2.45, 2.75) is 31.3 Å². The molecule has 6 rings (SSSR count). The third kappa shape index (κ3) is 3.20. The lowest BCUT2D eigenvalue weighted by Gasteiger charge is -2.36. The normalized spacial score (nSPS) is 19.1. The van der Waals surface area contributed by atoms with E-state index in [4.69, 9.17) is 11.6 Å². The largest absolute Gasteiger partial charge is 0.322 e. The van der Waals surface area contributed by atoms with Gasteiger partial charge in [-0.25, -0.2) is 23.8 Å². The number of fused-ring (bicyclic) bond motifs is 5. The molecule has 33 heavy (non-hydrogen) atoms. The highest BCUT2D eigenvalue weighted by Gasteiger charge is 2.43. The number of amides is 2. The predicted molar refractivity (Wildman–Crippen MR) is 115 cm³/mol. The quantitative estimate of drug-likeness (QED) is 0.420. The van der Waals surface area contributed by atoms with Crippen molar-refractivity contribution in [3.05, 3.63) is 64.6 Å². The molecule has 0 aliphatic carbocycles. The van der Waals surface area contributed by atoms with Gasteiger partial charge in [-0.1, -0.05) is 11.6 Å².